The average molecular weight is 372 g/mol. The number of nitrogens with zero attached hydrogens (tertiary/aromatic N) is 1. The Kier molecular flexibility index (Phi) is 5.88. The molecule has 1 aromatic carbocycles. The van der Waals surface area contributed by atoms with E-state index in [4.69, 9.17) is 16.0 Å². The Morgan fingerprint density at radius 2 is 2.10 bits per heavy atom. The summed E-state index contributed by atoms with van der Waals surface area (Å²) in [6.45, 7) is 2.90. The molecule has 0 amide bonds. The van der Waals surface area contributed by atoms with E-state index in [1.807, 2.05) is 44.4 Å². The number of furan rings is 1. The van der Waals surface area contributed by atoms with Gasteiger partial charge in [0.2, 0.25) is 0 Å². The van der Waals surface area contributed by atoms with E-state index in [1.54, 1.807) is 6.26 Å². The van der Waals surface area contributed by atoms with Crippen molar-refractivity contribution >= 4 is 27.5 Å². The third-order valence-corrected chi connectivity index (χ3v) is 4.36. The summed E-state index contributed by atoms with van der Waals surface area (Å²) in [6.07, 6.45) is 1.71. The molecule has 2 unspecified atom stereocenters. The Labute approximate surface area is 139 Å². The highest BCUT2D eigenvalue weighted by Gasteiger charge is 2.18. The average Bonchev–Trinajstić information content (AvgIpc) is 2.92. The van der Waals surface area contributed by atoms with Crippen LogP contribution >= 0.6 is 27.5 Å². The number of rotatable bonds is 6. The molecular weight excluding hydrogens is 352 g/mol. The van der Waals surface area contributed by atoms with Gasteiger partial charge >= 0.3 is 0 Å². The molecule has 2 aromatic rings. The van der Waals surface area contributed by atoms with E-state index < -0.39 is 0 Å². The van der Waals surface area contributed by atoms with Crippen LogP contribution in [0, 0.1) is 0 Å². The molecule has 1 N–H and O–H groups in total. The van der Waals surface area contributed by atoms with Crippen molar-refractivity contribution in [3.63, 3.8) is 0 Å². The van der Waals surface area contributed by atoms with E-state index >= 15 is 0 Å². The first-order valence-electron chi connectivity index (χ1n) is 6.87. The van der Waals surface area contributed by atoms with E-state index in [9.17, 15) is 0 Å². The highest BCUT2D eigenvalue weighted by molar-refractivity contribution is 9.10. The summed E-state index contributed by atoms with van der Waals surface area (Å²) in [5.74, 6) is 0.960. The van der Waals surface area contributed by atoms with Gasteiger partial charge in [-0.2, -0.15) is 0 Å². The second kappa shape index (κ2) is 7.45. The minimum absolute atomic E-state index is 0.169. The smallest absolute Gasteiger partial charge is 0.122 e. The topological polar surface area (TPSA) is 28.4 Å². The summed E-state index contributed by atoms with van der Waals surface area (Å²) in [7, 11) is 4.10. The summed E-state index contributed by atoms with van der Waals surface area (Å²) >= 11 is 9.73. The van der Waals surface area contributed by atoms with Gasteiger partial charge in [0, 0.05) is 22.1 Å². The number of hydrogen-bond acceptors (Lipinski definition) is 3. The molecule has 2 atom stereocenters. The van der Waals surface area contributed by atoms with Crippen LogP contribution in [0.4, 0.5) is 0 Å². The SMILES string of the molecule is CC(NCC(c1ccco1)N(C)C)c1ccc(Br)cc1Cl. The van der Waals surface area contributed by atoms with Gasteiger partial charge in [-0.15, -0.1) is 0 Å². The lowest BCUT2D eigenvalue weighted by Crippen LogP contribution is -2.32. The maximum absolute atomic E-state index is 6.30. The summed E-state index contributed by atoms with van der Waals surface area (Å²) in [6, 6.07) is 10.3. The zero-order valence-electron chi connectivity index (χ0n) is 12.4. The molecule has 0 radical (unpaired) electrons. The zero-order chi connectivity index (χ0) is 15.4. The molecule has 0 saturated heterocycles. The van der Waals surface area contributed by atoms with Gasteiger partial charge in [-0.1, -0.05) is 33.6 Å². The zero-order valence-corrected chi connectivity index (χ0v) is 14.8. The number of hydrogen-bond donors (Lipinski definition) is 1. The molecule has 3 nitrogen and oxygen atoms in total. The Balaban J connectivity index is 2.03. The summed E-state index contributed by atoms with van der Waals surface area (Å²) < 4.78 is 6.51. The van der Waals surface area contributed by atoms with E-state index in [1.165, 1.54) is 0 Å². The monoisotopic (exact) mass is 370 g/mol. The standard InChI is InChI=1S/C16H20BrClN2O/c1-11(13-7-6-12(17)9-14(13)18)19-10-15(20(2)3)16-5-4-8-21-16/h4-9,11,15,19H,10H2,1-3H3. The van der Waals surface area contributed by atoms with Crippen molar-refractivity contribution in [2.24, 2.45) is 0 Å². The number of halogens is 2. The molecule has 0 saturated carbocycles. The van der Waals surface area contributed by atoms with E-state index in [-0.39, 0.29) is 12.1 Å². The molecule has 0 fully saturated rings. The maximum atomic E-state index is 6.30. The van der Waals surface area contributed by atoms with Crippen LogP contribution in [0.5, 0.6) is 0 Å². The highest BCUT2D eigenvalue weighted by Crippen LogP contribution is 2.27. The molecule has 2 rings (SSSR count). The van der Waals surface area contributed by atoms with Gasteiger partial charge in [0.05, 0.1) is 12.3 Å². The van der Waals surface area contributed by atoms with Crippen molar-refractivity contribution < 1.29 is 4.42 Å². The van der Waals surface area contributed by atoms with E-state index in [0.717, 1.165) is 27.4 Å². The first-order valence-corrected chi connectivity index (χ1v) is 8.04. The van der Waals surface area contributed by atoms with Gasteiger partial charge in [-0.05, 0) is 50.8 Å². The lowest BCUT2D eigenvalue weighted by molar-refractivity contribution is 0.245. The predicted molar refractivity (Wildman–Crippen MR) is 90.7 cm³/mol. The molecule has 0 aliphatic rings. The van der Waals surface area contributed by atoms with Crippen molar-refractivity contribution in [1.82, 2.24) is 10.2 Å². The lowest BCUT2D eigenvalue weighted by Gasteiger charge is -2.25. The van der Waals surface area contributed by atoms with Crippen LogP contribution in [0.3, 0.4) is 0 Å². The minimum Gasteiger partial charge on any atom is -0.468 e. The Hall–Kier alpha value is -0.810. The summed E-state index contributed by atoms with van der Waals surface area (Å²) in [5, 5.41) is 4.29. The minimum atomic E-state index is 0.169. The fraction of sp³-hybridized carbons (Fsp3) is 0.375. The van der Waals surface area contributed by atoms with Crippen molar-refractivity contribution in [2.45, 2.75) is 19.0 Å². The van der Waals surface area contributed by atoms with Crippen LogP contribution < -0.4 is 5.32 Å². The molecule has 0 aliphatic carbocycles. The lowest BCUT2D eigenvalue weighted by atomic mass is 10.1. The first-order chi connectivity index (χ1) is 9.99. The quantitative estimate of drug-likeness (QED) is 0.801. The van der Waals surface area contributed by atoms with Crippen LogP contribution in [0.25, 0.3) is 0 Å². The molecule has 114 valence electrons. The second-order valence-corrected chi connectivity index (χ2v) is 6.61. The van der Waals surface area contributed by atoms with Crippen LogP contribution in [-0.2, 0) is 0 Å². The van der Waals surface area contributed by atoms with Crippen molar-refractivity contribution in [3.8, 4) is 0 Å². The van der Waals surface area contributed by atoms with Gasteiger partial charge in [0.1, 0.15) is 5.76 Å². The third kappa shape index (κ3) is 4.33. The molecular formula is C16H20BrClN2O. The highest BCUT2D eigenvalue weighted by atomic mass is 79.9. The second-order valence-electron chi connectivity index (χ2n) is 5.29. The van der Waals surface area contributed by atoms with Gasteiger partial charge in [0.15, 0.2) is 0 Å². The van der Waals surface area contributed by atoms with Crippen LogP contribution in [0.1, 0.15) is 30.3 Å². The Bertz CT molecular complexity index is 572. The van der Waals surface area contributed by atoms with Crippen LogP contribution in [-0.4, -0.2) is 25.5 Å². The first kappa shape index (κ1) is 16.6. The third-order valence-electron chi connectivity index (χ3n) is 3.54. The molecule has 0 spiro atoms. The molecule has 21 heavy (non-hydrogen) atoms. The Morgan fingerprint density at radius 3 is 2.67 bits per heavy atom. The fourth-order valence-electron chi connectivity index (χ4n) is 2.27. The van der Waals surface area contributed by atoms with Crippen LogP contribution in [0.15, 0.2) is 45.5 Å². The summed E-state index contributed by atoms with van der Waals surface area (Å²) in [5.41, 5.74) is 1.09. The van der Waals surface area contributed by atoms with Crippen molar-refractivity contribution in [3.05, 3.63) is 57.4 Å². The van der Waals surface area contributed by atoms with Gasteiger partial charge in [-0.3, -0.25) is 4.90 Å². The molecule has 0 bridgehead atoms. The predicted octanol–water partition coefficient (Wildman–Crippen LogP) is 4.65. The maximum Gasteiger partial charge on any atom is 0.122 e. The summed E-state index contributed by atoms with van der Waals surface area (Å²) in [4.78, 5) is 2.14. The molecule has 1 aromatic heterocycles. The van der Waals surface area contributed by atoms with Crippen LogP contribution in [0.2, 0.25) is 5.02 Å². The van der Waals surface area contributed by atoms with Gasteiger partial charge < -0.3 is 9.73 Å². The van der Waals surface area contributed by atoms with Crippen molar-refractivity contribution in [2.75, 3.05) is 20.6 Å². The molecule has 5 heteroatoms. The number of benzene rings is 1. The van der Waals surface area contributed by atoms with E-state index in [2.05, 4.69) is 33.1 Å². The fourth-order valence-corrected chi connectivity index (χ4v) is 3.11. The van der Waals surface area contributed by atoms with Gasteiger partial charge in [0.25, 0.3) is 0 Å². The van der Waals surface area contributed by atoms with Crippen molar-refractivity contribution in [1.29, 1.82) is 0 Å². The molecule has 0 aliphatic heterocycles. The normalized spacial score (nSPS) is 14.4. The molecule has 1 heterocycles. The largest absolute Gasteiger partial charge is 0.468 e. The Morgan fingerprint density at radius 1 is 1.33 bits per heavy atom. The number of likely N-dealkylation sites (N-methyl/N-ethyl adjacent to an activating group) is 1. The van der Waals surface area contributed by atoms with E-state index in [0.29, 0.717) is 0 Å². The van der Waals surface area contributed by atoms with Gasteiger partial charge in [-0.25, -0.2) is 0 Å². The number of nitrogens with one attached hydrogen (secondary N) is 1.